The van der Waals surface area contributed by atoms with Crippen LogP contribution in [-0.2, 0) is 17.8 Å². The smallest absolute Gasteiger partial charge is 0.317 e. The second kappa shape index (κ2) is 7.02. The lowest BCUT2D eigenvalue weighted by Crippen LogP contribution is -2.48. The van der Waals surface area contributed by atoms with Crippen molar-refractivity contribution in [1.82, 2.24) is 15.1 Å². The molecule has 5 nitrogen and oxygen atoms in total. The molecule has 124 valence electrons. The lowest BCUT2D eigenvalue weighted by Gasteiger charge is -2.32. The molecule has 0 aromatic heterocycles. The number of nitrogens with zero attached hydrogens (tertiary/aromatic N) is 2. The van der Waals surface area contributed by atoms with E-state index in [0.29, 0.717) is 12.5 Å². The minimum Gasteiger partial charge on any atom is -0.336 e. The first-order chi connectivity index (χ1) is 11.1. The van der Waals surface area contributed by atoms with E-state index in [1.54, 1.807) is 0 Å². The van der Waals surface area contributed by atoms with Gasteiger partial charge >= 0.3 is 6.03 Å². The summed E-state index contributed by atoms with van der Waals surface area (Å²) in [6.07, 6.45) is 3.11. The Bertz CT molecular complexity index is 587. The number of likely N-dealkylation sites (tertiary alicyclic amines) is 1. The van der Waals surface area contributed by atoms with Crippen LogP contribution in [0, 0.1) is 5.92 Å². The van der Waals surface area contributed by atoms with Crippen molar-refractivity contribution < 1.29 is 9.59 Å². The molecule has 3 rings (SSSR count). The molecule has 2 aliphatic rings. The van der Waals surface area contributed by atoms with E-state index in [0.717, 1.165) is 32.5 Å². The predicted octanol–water partition coefficient (Wildman–Crippen LogP) is 2.01. The summed E-state index contributed by atoms with van der Waals surface area (Å²) in [6, 6.07) is 8.13. The molecule has 2 heterocycles. The van der Waals surface area contributed by atoms with Crippen molar-refractivity contribution in [1.29, 1.82) is 0 Å². The normalized spacial score (nSPS) is 20.8. The fraction of sp³-hybridized carbons (Fsp3) is 0.556. The zero-order valence-electron chi connectivity index (χ0n) is 13.8. The van der Waals surface area contributed by atoms with Crippen molar-refractivity contribution in [2.45, 2.75) is 32.7 Å². The van der Waals surface area contributed by atoms with Crippen molar-refractivity contribution in [2.24, 2.45) is 5.92 Å². The molecular formula is C18H25N3O2. The predicted molar refractivity (Wildman–Crippen MR) is 88.9 cm³/mol. The van der Waals surface area contributed by atoms with Gasteiger partial charge in [-0.05, 0) is 36.3 Å². The third kappa shape index (κ3) is 3.84. The number of amides is 3. The van der Waals surface area contributed by atoms with Crippen molar-refractivity contribution in [3.05, 3.63) is 35.4 Å². The molecule has 0 radical (unpaired) electrons. The lowest BCUT2D eigenvalue weighted by atomic mass is 10.00. The summed E-state index contributed by atoms with van der Waals surface area (Å²) >= 11 is 0. The molecule has 0 unspecified atom stereocenters. The Kier molecular flexibility index (Phi) is 4.84. The van der Waals surface area contributed by atoms with Gasteiger partial charge < -0.3 is 15.1 Å². The van der Waals surface area contributed by atoms with Gasteiger partial charge in [0, 0.05) is 26.2 Å². The minimum absolute atomic E-state index is 0.00193. The van der Waals surface area contributed by atoms with Crippen molar-refractivity contribution in [2.75, 3.05) is 26.2 Å². The zero-order chi connectivity index (χ0) is 16.2. The number of fused-ring (bicyclic) bond motifs is 1. The van der Waals surface area contributed by atoms with Gasteiger partial charge in [0.1, 0.15) is 0 Å². The molecule has 3 amide bonds. The average molecular weight is 315 g/mol. The third-order valence-electron chi connectivity index (χ3n) is 4.82. The molecule has 1 aromatic carbocycles. The van der Waals surface area contributed by atoms with Gasteiger partial charge in [0.2, 0.25) is 5.91 Å². The molecule has 1 fully saturated rings. The summed E-state index contributed by atoms with van der Waals surface area (Å²) in [5.74, 6) is 0.543. The van der Waals surface area contributed by atoms with Gasteiger partial charge in [-0.25, -0.2) is 4.79 Å². The van der Waals surface area contributed by atoms with E-state index in [9.17, 15) is 9.59 Å². The third-order valence-corrected chi connectivity index (χ3v) is 4.82. The molecule has 1 N–H and O–H groups in total. The van der Waals surface area contributed by atoms with Crippen LogP contribution in [0.15, 0.2) is 24.3 Å². The maximum absolute atomic E-state index is 12.4. The molecule has 1 aromatic rings. The molecule has 23 heavy (non-hydrogen) atoms. The molecule has 0 aliphatic carbocycles. The van der Waals surface area contributed by atoms with E-state index in [1.165, 1.54) is 17.5 Å². The molecule has 0 saturated carbocycles. The summed E-state index contributed by atoms with van der Waals surface area (Å²) in [7, 11) is 0. The van der Waals surface area contributed by atoms with Crippen LogP contribution in [0.4, 0.5) is 4.79 Å². The summed E-state index contributed by atoms with van der Waals surface area (Å²) < 4.78 is 0. The maximum Gasteiger partial charge on any atom is 0.317 e. The Morgan fingerprint density at radius 1 is 1.17 bits per heavy atom. The standard InChI is InChI=1S/C18H25N3O2/c1-14-5-4-9-21(12-14)18(23)19-11-17(22)20-10-8-15-6-2-3-7-16(15)13-20/h2-3,6-7,14H,4-5,8-13H2,1H3,(H,19,23)/t14-/m0/s1. The van der Waals surface area contributed by atoms with Crippen LogP contribution < -0.4 is 5.32 Å². The number of carbonyl (C=O) groups is 2. The van der Waals surface area contributed by atoms with Gasteiger partial charge in [-0.2, -0.15) is 0 Å². The Morgan fingerprint density at radius 2 is 1.96 bits per heavy atom. The Morgan fingerprint density at radius 3 is 2.74 bits per heavy atom. The first-order valence-electron chi connectivity index (χ1n) is 8.51. The number of piperidine rings is 1. The van der Waals surface area contributed by atoms with Gasteiger partial charge in [0.15, 0.2) is 0 Å². The number of urea groups is 1. The van der Waals surface area contributed by atoms with Crippen LogP contribution in [0.1, 0.15) is 30.9 Å². The molecule has 0 spiro atoms. The monoisotopic (exact) mass is 315 g/mol. The van der Waals surface area contributed by atoms with Gasteiger partial charge in [-0.15, -0.1) is 0 Å². The van der Waals surface area contributed by atoms with E-state index in [2.05, 4.69) is 24.4 Å². The van der Waals surface area contributed by atoms with Crippen LogP contribution >= 0.6 is 0 Å². The highest BCUT2D eigenvalue weighted by atomic mass is 16.2. The van der Waals surface area contributed by atoms with Crippen LogP contribution in [0.25, 0.3) is 0 Å². The van der Waals surface area contributed by atoms with Crippen LogP contribution in [0.2, 0.25) is 0 Å². The largest absolute Gasteiger partial charge is 0.336 e. The quantitative estimate of drug-likeness (QED) is 0.908. The summed E-state index contributed by atoms with van der Waals surface area (Å²) in [6.45, 7) is 5.21. The number of rotatable bonds is 2. The van der Waals surface area contributed by atoms with Crippen molar-refractivity contribution in [3.8, 4) is 0 Å². The summed E-state index contributed by atoms with van der Waals surface area (Å²) in [5, 5.41) is 2.79. The van der Waals surface area contributed by atoms with E-state index in [4.69, 9.17) is 0 Å². The highest BCUT2D eigenvalue weighted by Crippen LogP contribution is 2.18. The number of benzene rings is 1. The fourth-order valence-corrected chi connectivity index (χ4v) is 3.46. The molecule has 5 heteroatoms. The van der Waals surface area contributed by atoms with Crippen LogP contribution in [-0.4, -0.2) is 47.9 Å². The summed E-state index contributed by atoms with van der Waals surface area (Å²) in [5.41, 5.74) is 2.53. The van der Waals surface area contributed by atoms with Gasteiger partial charge in [0.25, 0.3) is 0 Å². The highest BCUT2D eigenvalue weighted by Gasteiger charge is 2.23. The molecular weight excluding hydrogens is 290 g/mol. The molecule has 0 bridgehead atoms. The van der Waals surface area contributed by atoms with E-state index in [-0.39, 0.29) is 18.5 Å². The summed E-state index contributed by atoms with van der Waals surface area (Å²) in [4.78, 5) is 28.2. The molecule has 1 atom stereocenters. The van der Waals surface area contributed by atoms with Crippen molar-refractivity contribution >= 4 is 11.9 Å². The van der Waals surface area contributed by atoms with Gasteiger partial charge in [-0.3, -0.25) is 4.79 Å². The fourth-order valence-electron chi connectivity index (χ4n) is 3.46. The highest BCUT2D eigenvalue weighted by molar-refractivity contribution is 5.84. The van der Waals surface area contributed by atoms with E-state index < -0.39 is 0 Å². The van der Waals surface area contributed by atoms with Crippen LogP contribution in [0.3, 0.4) is 0 Å². The Hall–Kier alpha value is -2.04. The average Bonchev–Trinajstić information content (AvgIpc) is 2.59. The van der Waals surface area contributed by atoms with Gasteiger partial charge in [0.05, 0.1) is 6.54 Å². The first kappa shape index (κ1) is 15.8. The van der Waals surface area contributed by atoms with Gasteiger partial charge in [-0.1, -0.05) is 31.2 Å². The molecule has 1 saturated heterocycles. The molecule has 2 aliphatic heterocycles. The Balaban J connectivity index is 1.49. The number of carbonyl (C=O) groups excluding carboxylic acids is 2. The SMILES string of the molecule is C[C@H]1CCCN(C(=O)NCC(=O)N2CCc3ccccc3C2)C1. The number of nitrogens with one attached hydrogen (secondary N) is 1. The number of hydrogen-bond donors (Lipinski definition) is 1. The second-order valence-corrected chi connectivity index (χ2v) is 6.69. The topological polar surface area (TPSA) is 52.7 Å². The van der Waals surface area contributed by atoms with Crippen molar-refractivity contribution in [3.63, 3.8) is 0 Å². The number of hydrogen-bond acceptors (Lipinski definition) is 2. The zero-order valence-corrected chi connectivity index (χ0v) is 13.8. The first-order valence-corrected chi connectivity index (χ1v) is 8.51. The van der Waals surface area contributed by atoms with Crippen LogP contribution in [0.5, 0.6) is 0 Å². The minimum atomic E-state index is -0.109. The maximum atomic E-state index is 12.4. The Labute approximate surface area is 137 Å². The van der Waals surface area contributed by atoms with E-state index >= 15 is 0 Å². The van der Waals surface area contributed by atoms with E-state index in [1.807, 2.05) is 21.9 Å². The lowest BCUT2D eigenvalue weighted by molar-refractivity contribution is -0.131. The second-order valence-electron chi connectivity index (χ2n) is 6.69.